The van der Waals surface area contributed by atoms with Crippen LogP contribution in [0.4, 0.5) is 0 Å². The molecular weight excluding hydrogens is 582 g/mol. The zero-order valence-corrected chi connectivity index (χ0v) is 25.4. The van der Waals surface area contributed by atoms with Crippen molar-refractivity contribution < 1.29 is 74.1 Å². The molecule has 0 radical (unpaired) electrons. The Balaban J connectivity index is 1.98. The molecule has 42 heavy (non-hydrogen) atoms. The maximum absolute atomic E-state index is 12.3. The van der Waals surface area contributed by atoms with Crippen molar-refractivity contribution in [3.63, 3.8) is 0 Å². The molecule has 3 rings (SSSR count). The summed E-state index contributed by atoms with van der Waals surface area (Å²) in [6.45, 7) is 7.91. The maximum Gasteiger partial charge on any atom is 0.217 e. The standard InChI is InChI=1S/C25H47NO15Si/c1-10-15(30)17(32)19(34)24(37-10)40-21-13(9-28)39-23(36-6-7-42(3,4)5)14(26-11(2)29)22(21)41-25-20(35)18(33)16(31)12(8-27)38-25/h10,12-25,27-28,30-35H,6-9H2,1-5H3,(H,26,29)/t10-,12-,13-,14-,15+,16+,17+,18+,19-,20-,21-,22-,23-,24-,25+/m1/s1. The van der Waals surface area contributed by atoms with Gasteiger partial charge in [-0.1, -0.05) is 19.6 Å². The van der Waals surface area contributed by atoms with E-state index in [9.17, 15) is 45.6 Å². The molecule has 3 aliphatic heterocycles. The normalized spacial score (nSPS) is 45.0. The Bertz CT molecular complexity index is 864. The number of aliphatic hydroxyl groups is 8. The van der Waals surface area contributed by atoms with Crippen LogP contribution in [0.15, 0.2) is 0 Å². The van der Waals surface area contributed by atoms with Crippen molar-refractivity contribution in [2.45, 2.75) is 132 Å². The number of aliphatic hydroxyl groups excluding tert-OH is 8. The van der Waals surface area contributed by atoms with Gasteiger partial charge in [0, 0.05) is 21.6 Å². The average molecular weight is 630 g/mol. The van der Waals surface area contributed by atoms with Gasteiger partial charge in [-0.05, 0) is 13.0 Å². The predicted octanol–water partition coefficient (Wildman–Crippen LogP) is -4.04. The third-order valence-electron chi connectivity index (χ3n) is 7.57. The van der Waals surface area contributed by atoms with E-state index in [1.807, 2.05) is 0 Å². The van der Waals surface area contributed by atoms with Gasteiger partial charge in [0.2, 0.25) is 5.91 Å². The van der Waals surface area contributed by atoms with E-state index in [0.717, 1.165) is 6.04 Å². The van der Waals surface area contributed by atoms with Gasteiger partial charge in [-0.15, -0.1) is 0 Å². The first-order valence-corrected chi connectivity index (χ1v) is 17.8. The summed E-state index contributed by atoms with van der Waals surface area (Å²) in [6.07, 6.45) is -20.9. The molecule has 3 saturated heterocycles. The predicted molar refractivity (Wildman–Crippen MR) is 143 cm³/mol. The zero-order chi connectivity index (χ0) is 31.5. The molecule has 0 saturated carbocycles. The van der Waals surface area contributed by atoms with Crippen LogP contribution in [0, 0.1) is 0 Å². The van der Waals surface area contributed by atoms with E-state index in [2.05, 4.69) is 25.0 Å². The van der Waals surface area contributed by atoms with Gasteiger partial charge in [0.1, 0.15) is 67.1 Å². The molecule has 0 aromatic carbocycles. The van der Waals surface area contributed by atoms with E-state index in [1.54, 1.807) is 0 Å². The Morgan fingerprint density at radius 1 is 0.738 bits per heavy atom. The quantitative estimate of drug-likeness (QED) is 0.0988. The van der Waals surface area contributed by atoms with Crippen LogP contribution in [0.25, 0.3) is 0 Å². The lowest BCUT2D eigenvalue weighted by Gasteiger charge is -2.50. The monoisotopic (exact) mass is 629 g/mol. The van der Waals surface area contributed by atoms with Crippen molar-refractivity contribution in [1.82, 2.24) is 5.32 Å². The summed E-state index contributed by atoms with van der Waals surface area (Å²) in [5, 5.41) is 84.9. The second-order valence-electron chi connectivity index (χ2n) is 12.2. The molecule has 0 aromatic heterocycles. The van der Waals surface area contributed by atoms with Crippen molar-refractivity contribution in [1.29, 1.82) is 0 Å². The smallest absolute Gasteiger partial charge is 0.217 e. The number of nitrogens with one attached hydrogen (secondary N) is 1. The van der Waals surface area contributed by atoms with Crippen LogP contribution in [-0.2, 0) is 33.2 Å². The van der Waals surface area contributed by atoms with E-state index in [0.29, 0.717) is 0 Å². The van der Waals surface area contributed by atoms with E-state index in [4.69, 9.17) is 28.4 Å². The molecule has 3 fully saturated rings. The number of carbonyl (C=O) groups is 1. The number of hydrogen-bond acceptors (Lipinski definition) is 15. The lowest BCUT2D eigenvalue weighted by molar-refractivity contribution is -0.373. The first-order valence-electron chi connectivity index (χ1n) is 14.1. The van der Waals surface area contributed by atoms with Crippen LogP contribution in [0.1, 0.15) is 13.8 Å². The summed E-state index contributed by atoms with van der Waals surface area (Å²) in [5.41, 5.74) is 0. The number of rotatable bonds is 11. The molecule has 16 nitrogen and oxygen atoms in total. The summed E-state index contributed by atoms with van der Waals surface area (Å²) in [5.74, 6) is -0.535. The zero-order valence-electron chi connectivity index (χ0n) is 24.4. The second kappa shape index (κ2) is 14.9. The van der Waals surface area contributed by atoms with Gasteiger partial charge < -0.3 is 74.6 Å². The van der Waals surface area contributed by atoms with Crippen LogP contribution in [0.5, 0.6) is 0 Å². The SMILES string of the molecule is CC(=O)N[C@H]1[C@H](OCC[Si](C)(C)C)O[C@H](CO)[C@@H](O[C@H]2O[C@H](C)[C@H](O)[C@H](O)[C@H]2O)[C@@H]1O[C@@H]1O[C@H](CO)[C@H](O)[C@H](O)[C@H]1O. The topological polar surface area (TPSA) is 246 Å². The lowest BCUT2D eigenvalue weighted by Crippen LogP contribution is -2.69. The molecule has 0 unspecified atom stereocenters. The minimum atomic E-state index is -1.82. The first-order chi connectivity index (χ1) is 19.6. The molecular formula is C25H47NO15Si. The molecule has 3 heterocycles. The number of carbonyl (C=O) groups excluding carboxylic acids is 1. The van der Waals surface area contributed by atoms with Crippen LogP contribution in [-0.4, -0.2) is 167 Å². The number of ether oxygens (including phenoxy) is 6. The van der Waals surface area contributed by atoms with E-state index >= 15 is 0 Å². The van der Waals surface area contributed by atoms with Crippen LogP contribution in [0.3, 0.4) is 0 Å². The van der Waals surface area contributed by atoms with Gasteiger partial charge in [-0.25, -0.2) is 0 Å². The molecule has 17 heteroatoms. The summed E-state index contributed by atoms with van der Waals surface area (Å²) < 4.78 is 35.2. The minimum Gasteiger partial charge on any atom is -0.394 e. The second-order valence-corrected chi connectivity index (χ2v) is 17.8. The van der Waals surface area contributed by atoms with E-state index < -0.39 is 119 Å². The summed E-state index contributed by atoms with van der Waals surface area (Å²) in [7, 11) is -1.57. The van der Waals surface area contributed by atoms with Crippen molar-refractivity contribution >= 4 is 14.0 Å². The Kier molecular flexibility index (Phi) is 12.7. The van der Waals surface area contributed by atoms with E-state index in [1.165, 1.54) is 13.8 Å². The Hall–Kier alpha value is -0.873. The molecule has 0 spiro atoms. The van der Waals surface area contributed by atoms with Gasteiger partial charge in [0.15, 0.2) is 18.9 Å². The van der Waals surface area contributed by atoms with Crippen LogP contribution in [0.2, 0.25) is 25.7 Å². The third-order valence-corrected chi connectivity index (χ3v) is 9.27. The van der Waals surface area contributed by atoms with Gasteiger partial charge >= 0.3 is 0 Å². The van der Waals surface area contributed by atoms with Gasteiger partial charge in [-0.2, -0.15) is 0 Å². The average Bonchev–Trinajstić information content (AvgIpc) is 2.92. The highest BCUT2D eigenvalue weighted by atomic mass is 28.3. The molecule has 3 aliphatic rings. The summed E-state index contributed by atoms with van der Waals surface area (Å²) in [6, 6.07) is -0.458. The minimum absolute atomic E-state index is 0.235. The summed E-state index contributed by atoms with van der Waals surface area (Å²) >= 11 is 0. The van der Waals surface area contributed by atoms with Crippen molar-refractivity contribution in [2.24, 2.45) is 0 Å². The number of hydrogen-bond donors (Lipinski definition) is 9. The van der Waals surface area contributed by atoms with Gasteiger partial charge in [-0.3, -0.25) is 4.79 Å². The highest BCUT2D eigenvalue weighted by Crippen LogP contribution is 2.34. The molecule has 0 aromatic rings. The number of amides is 1. The molecule has 1 amide bonds. The highest BCUT2D eigenvalue weighted by molar-refractivity contribution is 6.76. The summed E-state index contributed by atoms with van der Waals surface area (Å²) in [4.78, 5) is 12.3. The largest absolute Gasteiger partial charge is 0.394 e. The Labute approximate surface area is 245 Å². The Morgan fingerprint density at radius 3 is 1.81 bits per heavy atom. The molecule has 9 N–H and O–H groups in total. The molecule has 0 bridgehead atoms. The fourth-order valence-corrected chi connectivity index (χ4v) is 5.73. The fraction of sp³-hybridized carbons (Fsp3) is 0.960. The molecule has 246 valence electrons. The van der Waals surface area contributed by atoms with E-state index in [-0.39, 0.29) is 6.61 Å². The fourth-order valence-electron chi connectivity index (χ4n) is 5.00. The van der Waals surface area contributed by atoms with Crippen LogP contribution < -0.4 is 5.32 Å². The highest BCUT2D eigenvalue weighted by Gasteiger charge is 2.54. The third kappa shape index (κ3) is 8.43. The first kappa shape index (κ1) is 35.6. The van der Waals surface area contributed by atoms with Gasteiger partial charge in [0.05, 0.1) is 19.3 Å². The molecule has 0 aliphatic carbocycles. The van der Waals surface area contributed by atoms with Crippen molar-refractivity contribution in [3.8, 4) is 0 Å². The molecule has 15 atom stereocenters. The van der Waals surface area contributed by atoms with Crippen LogP contribution >= 0.6 is 0 Å². The van der Waals surface area contributed by atoms with Crippen molar-refractivity contribution in [2.75, 3.05) is 19.8 Å². The lowest BCUT2D eigenvalue weighted by atomic mass is 9.94. The van der Waals surface area contributed by atoms with Crippen molar-refractivity contribution in [3.05, 3.63) is 0 Å². The maximum atomic E-state index is 12.3. The Morgan fingerprint density at radius 2 is 1.26 bits per heavy atom. The van der Waals surface area contributed by atoms with Gasteiger partial charge in [0.25, 0.3) is 0 Å².